The van der Waals surface area contributed by atoms with E-state index >= 15 is 0 Å². The lowest BCUT2D eigenvalue weighted by molar-refractivity contribution is 0.0935. The van der Waals surface area contributed by atoms with Crippen molar-refractivity contribution in [3.05, 3.63) is 76.1 Å². The van der Waals surface area contributed by atoms with Gasteiger partial charge in [-0.05, 0) is 24.6 Å². The van der Waals surface area contributed by atoms with Crippen molar-refractivity contribution in [2.75, 3.05) is 11.0 Å². The minimum Gasteiger partial charge on any atom is -0.349 e. The number of hydrogen-bond acceptors (Lipinski definition) is 4. The lowest BCUT2D eigenvalue weighted by atomic mass is 10.1. The average Bonchev–Trinajstić information content (AvgIpc) is 2.61. The van der Waals surface area contributed by atoms with E-state index in [4.69, 9.17) is 0 Å². The summed E-state index contributed by atoms with van der Waals surface area (Å²) >= 11 is 0. The molecule has 0 saturated carbocycles. The minimum absolute atomic E-state index is 0.0537. The number of aromatic amines is 1. The molecule has 0 unspecified atom stereocenters. The standard InChI is InChI=1S/C19H19N3O4S/c1-12(13-7-4-3-5-8-13)20-19(24)16-11-17(23)14-9-6-10-15(18(14)21-16)22-27(2,25)26/h3-12,22H,1-2H3,(H,20,24)(H,21,23)/t12-/m0/s1. The van der Waals surface area contributed by atoms with Gasteiger partial charge in [0.2, 0.25) is 10.0 Å². The molecule has 3 N–H and O–H groups in total. The number of nitrogens with one attached hydrogen (secondary N) is 3. The Hall–Kier alpha value is -3.13. The highest BCUT2D eigenvalue weighted by molar-refractivity contribution is 7.92. The van der Waals surface area contributed by atoms with Crippen molar-refractivity contribution >= 4 is 32.5 Å². The first-order chi connectivity index (χ1) is 12.7. The van der Waals surface area contributed by atoms with Crippen LogP contribution in [0.5, 0.6) is 0 Å². The largest absolute Gasteiger partial charge is 0.349 e. The molecule has 3 aromatic rings. The van der Waals surface area contributed by atoms with Gasteiger partial charge in [-0.25, -0.2) is 8.42 Å². The summed E-state index contributed by atoms with van der Waals surface area (Å²) in [7, 11) is -3.54. The fourth-order valence-electron chi connectivity index (χ4n) is 2.78. The van der Waals surface area contributed by atoms with Crippen LogP contribution in [0.3, 0.4) is 0 Å². The van der Waals surface area contributed by atoms with Crippen molar-refractivity contribution in [3.8, 4) is 0 Å². The number of pyridine rings is 1. The monoisotopic (exact) mass is 385 g/mol. The van der Waals surface area contributed by atoms with E-state index in [1.165, 1.54) is 12.1 Å². The van der Waals surface area contributed by atoms with Crippen molar-refractivity contribution in [1.82, 2.24) is 10.3 Å². The molecule has 0 fully saturated rings. The second-order valence-electron chi connectivity index (χ2n) is 6.26. The van der Waals surface area contributed by atoms with Gasteiger partial charge in [0, 0.05) is 11.5 Å². The molecule has 0 spiro atoms. The van der Waals surface area contributed by atoms with Crippen LogP contribution in [-0.2, 0) is 10.0 Å². The molecule has 140 valence electrons. The van der Waals surface area contributed by atoms with Gasteiger partial charge in [0.05, 0.1) is 23.5 Å². The zero-order chi connectivity index (χ0) is 19.6. The van der Waals surface area contributed by atoms with Crippen molar-refractivity contribution in [1.29, 1.82) is 0 Å². The van der Waals surface area contributed by atoms with Crippen LogP contribution in [0.2, 0.25) is 0 Å². The Bertz CT molecular complexity index is 1150. The molecule has 1 atom stereocenters. The van der Waals surface area contributed by atoms with E-state index in [1.54, 1.807) is 12.1 Å². The number of carbonyl (C=O) groups is 1. The van der Waals surface area contributed by atoms with Crippen molar-refractivity contribution < 1.29 is 13.2 Å². The Balaban J connectivity index is 1.98. The number of aromatic nitrogens is 1. The summed E-state index contributed by atoms with van der Waals surface area (Å²) in [6.07, 6.45) is 1.02. The van der Waals surface area contributed by atoms with Crippen LogP contribution < -0.4 is 15.5 Å². The molecule has 1 amide bonds. The molecule has 0 aliphatic carbocycles. The van der Waals surface area contributed by atoms with Crippen LogP contribution in [0.4, 0.5) is 5.69 Å². The van der Waals surface area contributed by atoms with Gasteiger partial charge in [0.25, 0.3) is 5.91 Å². The quantitative estimate of drug-likeness (QED) is 0.627. The van der Waals surface area contributed by atoms with Crippen LogP contribution in [0, 0.1) is 0 Å². The van der Waals surface area contributed by atoms with Gasteiger partial charge in [0.15, 0.2) is 5.43 Å². The molecule has 0 radical (unpaired) electrons. The molecule has 27 heavy (non-hydrogen) atoms. The highest BCUT2D eigenvalue weighted by Crippen LogP contribution is 2.20. The molecular formula is C19H19N3O4S. The second kappa shape index (κ2) is 7.24. The Morgan fingerprint density at radius 1 is 1.07 bits per heavy atom. The van der Waals surface area contributed by atoms with Crippen molar-refractivity contribution in [2.45, 2.75) is 13.0 Å². The van der Waals surface area contributed by atoms with E-state index in [9.17, 15) is 18.0 Å². The number of rotatable bonds is 5. The van der Waals surface area contributed by atoms with Crippen molar-refractivity contribution in [3.63, 3.8) is 0 Å². The Morgan fingerprint density at radius 2 is 1.78 bits per heavy atom. The SMILES string of the molecule is C[C@H](NC(=O)c1cc(=O)c2cccc(NS(C)(=O)=O)c2[nH]1)c1ccccc1. The maximum Gasteiger partial charge on any atom is 0.268 e. The maximum absolute atomic E-state index is 12.6. The van der Waals surface area contributed by atoms with Crippen molar-refractivity contribution in [2.24, 2.45) is 0 Å². The Morgan fingerprint density at radius 3 is 2.44 bits per heavy atom. The molecule has 0 bridgehead atoms. The number of anilines is 1. The number of fused-ring (bicyclic) bond motifs is 1. The van der Waals surface area contributed by atoms with Gasteiger partial charge < -0.3 is 10.3 Å². The summed E-state index contributed by atoms with van der Waals surface area (Å²) in [6, 6.07) is 15.0. The fraction of sp³-hybridized carbons (Fsp3) is 0.158. The topological polar surface area (TPSA) is 108 Å². The number of H-pyrrole nitrogens is 1. The zero-order valence-electron chi connectivity index (χ0n) is 14.8. The molecule has 1 aromatic heterocycles. The summed E-state index contributed by atoms with van der Waals surface area (Å²) in [6.45, 7) is 1.84. The second-order valence-corrected chi connectivity index (χ2v) is 8.00. The fourth-order valence-corrected chi connectivity index (χ4v) is 3.35. The molecule has 7 nitrogen and oxygen atoms in total. The van der Waals surface area contributed by atoms with Gasteiger partial charge in [-0.1, -0.05) is 36.4 Å². The van der Waals surface area contributed by atoms with E-state index in [2.05, 4.69) is 15.0 Å². The van der Waals surface area contributed by atoms with Crippen LogP contribution >= 0.6 is 0 Å². The van der Waals surface area contributed by atoms with E-state index in [0.29, 0.717) is 0 Å². The molecule has 0 aliphatic rings. The lowest BCUT2D eigenvalue weighted by Crippen LogP contribution is -2.28. The predicted molar refractivity (Wildman–Crippen MR) is 105 cm³/mol. The summed E-state index contributed by atoms with van der Waals surface area (Å²) in [5.74, 6) is -0.459. The first-order valence-corrected chi connectivity index (χ1v) is 10.1. The van der Waals surface area contributed by atoms with Gasteiger partial charge >= 0.3 is 0 Å². The normalized spacial score (nSPS) is 12.5. The highest BCUT2D eigenvalue weighted by Gasteiger charge is 2.15. The third-order valence-electron chi connectivity index (χ3n) is 4.05. The first kappa shape index (κ1) is 18.7. The molecule has 8 heteroatoms. The number of hydrogen-bond donors (Lipinski definition) is 3. The average molecular weight is 385 g/mol. The smallest absolute Gasteiger partial charge is 0.268 e. The third kappa shape index (κ3) is 4.35. The number of carbonyl (C=O) groups excluding carboxylic acids is 1. The lowest BCUT2D eigenvalue weighted by Gasteiger charge is -2.15. The molecule has 3 rings (SSSR count). The molecule has 0 saturated heterocycles. The van der Waals surface area contributed by atoms with Gasteiger partial charge in [-0.3, -0.25) is 14.3 Å². The Kier molecular flexibility index (Phi) is 5.00. The minimum atomic E-state index is -3.54. The number of amides is 1. The van der Waals surface area contributed by atoms with E-state index < -0.39 is 15.9 Å². The third-order valence-corrected chi connectivity index (χ3v) is 4.64. The first-order valence-electron chi connectivity index (χ1n) is 8.24. The number of benzene rings is 2. The molecular weight excluding hydrogens is 366 g/mol. The predicted octanol–water partition coefficient (Wildman–Crippen LogP) is 2.39. The highest BCUT2D eigenvalue weighted by atomic mass is 32.2. The van der Waals surface area contributed by atoms with Gasteiger partial charge in [-0.2, -0.15) is 0 Å². The van der Waals surface area contributed by atoms with Crippen LogP contribution in [-0.4, -0.2) is 25.6 Å². The number of sulfonamides is 1. The summed E-state index contributed by atoms with van der Waals surface area (Å²) in [5, 5.41) is 3.11. The summed E-state index contributed by atoms with van der Waals surface area (Å²) in [5.41, 5.74) is 1.07. The van der Waals surface area contributed by atoms with E-state index in [0.717, 1.165) is 11.8 Å². The van der Waals surface area contributed by atoms with Crippen LogP contribution in [0.25, 0.3) is 10.9 Å². The van der Waals surface area contributed by atoms with Gasteiger partial charge in [0.1, 0.15) is 5.69 Å². The van der Waals surface area contributed by atoms with Gasteiger partial charge in [-0.15, -0.1) is 0 Å². The molecule has 2 aromatic carbocycles. The maximum atomic E-state index is 12.6. The van der Waals surface area contributed by atoms with Crippen LogP contribution in [0.1, 0.15) is 29.0 Å². The molecule has 1 heterocycles. The van der Waals surface area contributed by atoms with Crippen LogP contribution in [0.15, 0.2) is 59.4 Å². The Labute approximate surface area is 156 Å². The summed E-state index contributed by atoms with van der Waals surface area (Å²) < 4.78 is 25.5. The number of para-hydroxylation sites is 1. The van der Waals surface area contributed by atoms with E-state index in [1.807, 2.05) is 37.3 Å². The summed E-state index contributed by atoms with van der Waals surface area (Å²) in [4.78, 5) is 27.9. The molecule has 0 aliphatic heterocycles. The zero-order valence-corrected chi connectivity index (χ0v) is 15.6. The van der Waals surface area contributed by atoms with E-state index in [-0.39, 0.29) is 33.8 Å².